The largest absolute Gasteiger partial charge is 0.380 e. The van der Waals surface area contributed by atoms with E-state index in [1.807, 2.05) is 0 Å². The van der Waals surface area contributed by atoms with Gasteiger partial charge in [0.05, 0.1) is 13.2 Å². The molecule has 0 spiro atoms. The summed E-state index contributed by atoms with van der Waals surface area (Å²) in [5, 5.41) is 3.48. The van der Waals surface area contributed by atoms with Crippen molar-refractivity contribution in [1.29, 1.82) is 0 Å². The maximum atomic E-state index is 5.42. The van der Waals surface area contributed by atoms with Gasteiger partial charge < -0.3 is 15.0 Å². The monoisotopic (exact) mass is 198 g/mol. The third kappa shape index (κ3) is 1.81. The summed E-state index contributed by atoms with van der Waals surface area (Å²) in [7, 11) is 2.22. The van der Waals surface area contributed by atoms with Crippen molar-refractivity contribution in [3.8, 4) is 0 Å². The number of hydrogen-bond donors (Lipinski definition) is 1. The van der Waals surface area contributed by atoms with Crippen molar-refractivity contribution < 1.29 is 4.74 Å². The van der Waals surface area contributed by atoms with Gasteiger partial charge in [-0.2, -0.15) is 0 Å². The number of ether oxygens (including phenoxy) is 1. The highest BCUT2D eigenvalue weighted by molar-refractivity contribution is 4.97. The Morgan fingerprint density at radius 2 is 2.29 bits per heavy atom. The van der Waals surface area contributed by atoms with Gasteiger partial charge in [-0.25, -0.2) is 0 Å². The second-order valence-corrected chi connectivity index (χ2v) is 4.88. The molecule has 0 radical (unpaired) electrons. The van der Waals surface area contributed by atoms with Crippen molar-refractivity contribution in [2.24, 2.45) is 11.3 Å². The Morgan fingerprint density at radius 1 is 1.50 bits per heavy atom. The van der Waals surface area contributed by atoms with Crippen LogP contribution >= 0.6 is 0 Å². The first-order valence-electron chi connectivity index (χ1n) is 5.74. The molecule has 0 aromatic heterocycles. The van der Waals surface area contributed by atoms with E-state index < -0.39 is 0 Å². The van der Waals surface area contributed by atoms with E-state index in [1.54, 1.807) is 0 Å². The normalized spacial score (nSPS) is 31.7. The van der Waals surface area contributed by atoms with Crippen molar-refractivity contribution in [2.75, 3.05) is 46.4 Å². The Bertz CT molecular complexity index is 192. The highest BCUT2D eigenvalue weighted by Crippen LogP contribution is 2.40. The molecule has 0 saturated carbocycles. The number of nitrogens with zero attached hydrogens (tertiary/aromatic N) is 1. The Kier molecular flexibility index (Phi) is 3.10. The molecule has 2 aliphatic heterocycles. The highest BCUT2D eigenvalue weighted by atomic mass is 16.5. The molecule has 82 valence electrons. The quantitative estimate of drug-likeness (QED) is 0.714. The molecule has 0 aromatic carbocycles. The van der Waals surface area contributed by atoms with E-state index in [0.29, 0.717) is 5.41 Å². The van der Waals surface area contributed by atoms with Crippen LogP contribution in [-0.4, -0.2) is 51.3 Å². The van der Waals surface area contributed by atoms with E-state index in [1.165, 1.54) is 19.5 Å². The van der Waals surface area contributed by atoms with Crippen molar-refractivity contribution in [1.82, 2.24) is 10.2 Å². The molecule has 1 atom stereocenters. The van der Waals surface area contributed by atoms with Crippen molar-refractivity contribution in [2.45, 2.75) is 13.3 Å². The Labute approximate surface area is 86.8 Å². The molecule has 3 nitrogen and oxygen atoms in total. The molecular formula is C11H22N2O. The number of hydrogen-bond acceptors (Lipinski definition) is 3. The zero-order valence-electron chi connectivity index (χ0n) is 9.38. The summed E-state index contributed by atoms with van der Waals surface area (Å²) in [5.74, 6) is 0.847. The lowest BCUT2D eigenvalue weighted by Crippen LogP contribution is -2.55. The summed E-state index contributed by atoms with van der Waals surface area (Å²) in [5.41, 5.74) is 0.459. The number of rotatable bonds is 4. The van der Waals surface area contributed by atoms with Gasteiger partial charge in [-0.3, -0.25) is 0 Å². The van der Waals surface area contributed by atoms with Gasteiger partial charge in [-0.15, -0.1) is 0 Å². The molecule has 0 aliphatic carbocycles. The van der Waals surface area contributed by atoms with Gasteiger partial charge in [-0.05, 0) is 32.5 Å². The molecule has 2 rings (SSSR count). The molecule has 2 heterocycles. The number of nitrogens with one attached hydrogen (secondary N) is 1. The fourth-order valence-corrected chi connectivity index (χ4v) is 2.66. The van der Waals surface area contributed by atoms with Crippen molar-refractivity contribution in [3.05, 3.63) is 0 Å². The first-order valence-corrected chi connectivity index (χ1v) is 5.74. The molecule has 1 N–H and O–H groups in total. The molecule has 2 saturated heterocycles. The zero-order chi connectivity index (χ0) is 10.0. The van der Waals surface area contributed by atoms with Crippen LogP contribution in [0.25, 0.3) is 0 Å². The third-order valence-electron chi connectivity index (χ3n) is 3.76. The second-order valence-electron chi connectivity index (χ2n) is 4.88. The van der Waals surface area contributed by atoms with Crippen LogP contribution in [0.1, 0.15) is 13.3 Å². The summed E-state index contributed by atoms with van der Waals surface area (Å²) in [6.45, 7) is 8.85. The Balaban J connectivity index is 1.91. The van der Waals surface area contributed by atoms with E-state index in [-0.39, 0.29) is 0 Å². The molecule has 2 aliphatic rings. The third-order valence-corrected chi connectivity index (χ3v) is 3.76. The first kappa shape index (κ1) is 10.4. The minimum Gasteiger partial charge on any atom is -0.380 e. The Hall–Kier alpha value is -0.120. The van der Waals surface area contributed by atoms with Crippen LogP contribution in [-0.2, 0) is 4.74 Å². The Morgan fingerprint density at radius 3 is 2.71 bits per heavy atom. The fraction of sp³-hybridized carbons (Fsp3) is 1.00. The summed E-state index contributed by atoms with van der Waals surface area (Å²) in [4.78, 5) is 2.44. The zero-order valence-corrected chi connectivity index (χ0v) is 9.38. The van der Waals surface area contributed by atoms with Gasteiger partial charge in [0.1, 0.15) is 0 Å². The van der Waals surface area contributed by atoms with Crippen LogP contribution in [0, 0.1) is 11.3 Å². The maximum absolute atomic E-state index is 5.42. The average molecular weight is 198 g/mol. The topological polar surface area (TPSA) is 24.5 Å². The number of likely N-dealkylation sites (tertiary alicyclic amines) is 1. The second kappa shape index (κ2) is 4.17. The minimum atomic E-state index is 0.459. The fourth-order valence-electron chi connectivity index (χ4n) is 2.66. The highest BCUT2D eigenvalue weighted by Gasteiger charge is 2.46. The van der Waals surface area contributed by atoms with E-state index in [9.17, 15) is 0 Å². The molecule has 2 fully saturated rings. The van der Waals surface area contributed by atoms with Crippen LogP contribution in [0.3, 0.4) is 0 Å². The predicted molar refractivity (Wildman–Crippen MR) is 57.4 cm³/mol. The SMILES string of the molecule is CCNCC1(C2CCN(C)C2)COC1. The van der Waals surface area contributed by atoms with Gasteiger partial charge in [-0.1, -0.05) is 6.92 Å². The molecule has 0 bridgehead atoms. The van der Waals surface area contributed by atoms with Crippen LogP contribution < -0.4 is 5.32 Å². The van der Waals surface area contributed by atoms with Crippen molar-refractivity contribution in [3.63, 3.8) is 0 Å². The van der Waals surface area contributed by atoms with Gasteiger partial charge in [0.15, 0.2) is 0 Å². The summed E-state index contributed by atoms with van der Waals surface area (Å²) < 4.78 is 5.42. The van der Waals surface area contributed by atoms with Crippen LogP contribution in [0.4, 0.5) is 0 Å². The van der Waals surface area contributed by atoms with Gasteiger partial charge in [0.2, 0.25) is 0 Å². The lowest BCUT2D eigenvalue weighted by atomic mass is 9.73. The van der Waals surface area contributed by atoms with E-state index in [0.717, 1.165) is 32.2 Å². The van der Waals surface area contributed by atoms with Gasteiger partial charge >= 0.3 is 0 Å². The van der Waals surface area contributed by atoms with Crippen LogP contribution in [0.2, 0.25) is 0 Å². The molecule has 0 aromatic rings. The molecule has 14 heavy (non-hydrogen) atoms. The lowest BCUT2D eigenvalue weighted by molar-refractivity contribution is -0.140. The standard InChI is InChI=1S/C11H22N2O/c1-3-12-7-11(8-14-9-11)10-4-5-13(2)6-10/h10,12H,3-9H2,1-2H3. The average Bonchev–Trinajstić information content (AvgIpc) is 2.51. The van der Waals surface area contributed by atoms with E-state index in [2.05, 4.69) is 24.2 Å². The lowest BCUT2D eigenvalue weighted by Gasteiger charge is -2.46. The summed E-state index contributed by atoms with van der Waals surface area (Å²) >= 11 is 0. The van der Waals surface area contributed by atoms with Crippen molar-refractivity contribution >= 4 is 0 Å². The van der Waals surface area contributed by atoms with Gasteiger partial charge in [0, 0.05) is 18.5 Å². The molecular weight excluding hydrogens is 176 g/mol. The van der Waals surface area contributed by atoms with Gasteiger partial charge in [0.25, 0.3) is 0 Å². The molecule has 3 heteroatoms. The summed E-state index contributed by atoms with van der Waals surface area (Å²) in [6, 6.07) is 0. The maximum Gasteiger partial charge on any atom is 0.0560 e. The van der Waals surface area contributed by atoms with E-state index >= 15 is 0 Å². The predicted octanol–water partition coefficient (Wildman–Crippen LogP) is 0.564. The molecule has 0 amide bonds. The summed E-state index contributed by atoms with van der Waals surface area (Å²) in [6.07, 6.45) is 1.35. The molecule has 1 unspecified atom stereocenters. The first-order chi connectivity index (χ1) is 6.77. The minimum absolute atomic E-state index is 0.459. The van der Waals surface area contributed by atoms with Crippen LogP contribution in [0.15, 0.2) is 0 Å². The smallest absolute Gasteiger partial charge is 0.0560 e. The van der Waals surface area contributed by atoms with E-state index in [4.69, 9.17) is 4.74 Å². The van der Waals surface area contributed by atoms with Crippen LogP contribution in [0.5, 0.6) is 0 Å².